The minimum Gasteiger partial charge on any atom is -0.381 e. The lowest BCUT2D eigenvalue weighted by Crippen LogP contribution is -2.00. The van der Waals surface area contributed by atoms with Crippen molar-refractivity contribution < 1.29 is 9.47 Å². The van der Waals surface area contributed by atoms with Crippen LogP contribution in [0.2, 0.25) is 0 Å². The highest BCUT2D eigenvalue weighted by molar-refractivity contribution is 4.40. The minimum atomic E-state index is 0.788. The lowest BCUT2D eigenvalue weighted by molar-refractivity contribution is 0.105. The topological polar surface area (TPSA) is 18.5 Å². The molecule has 0 saturated heterocycles. The Morgan fingerprint density at radius 1 is 0.917 bits per heavy atom. The first-order valence-electron chi connectivity index (χ1n) is 4.86. The number of ether oxygens (including phenoxy) is 2. The smallest absolute Gasteiger partial charge is 0.0466 e. The second kappa shape index (κ2) is 10.9. The van der Waals surface area contributed by atoms with E-state index in [2.05, 4.69) is 13.8 Å². The Morgan fingerprint density at radius 2 is 1.50 bits per heavy atom. The quantitative estimate of drug-likeness (QED) is 0.499. The van der Waals surface area contributed by atoms with E-state index in [-0.39, 0.29) is 0 Å². The molecule has 0 rings (SSSR count). The van der Waals surface area contributed by atoms with E-state index in [4.69, 9.17) is 9.47 Å². The molecule has 0 bridgehead atoms. The molecule has 2 heteroatoms. The summed E-state index contributed by atoms with van der Waals surface area (Å²) >= 11 is 0. The van der Waals surface area contributed by atoms with Crippen LogP contribution in [0.5, 0.6) is 0 Å². The normalized spacial score (nSPS) is 10.5. The highest BCUT2D eigenvalue weighted by atomic mass is 16.5. The summed E-state index contributed by atoms with van der Waals surface area (Å²) in [7, 11) is 0. The van der Waals surface area contributed by atoms with Crippen molar-refractivity contribution in [2.45, 2.75) is 32.6 Å². The van der Waals surface area contributed by atoms with Crippen molar-refractivity contribution in [3.63, 3.8) is 0 Å². The fourth-order valence-electron chi connectivity index (χ4n) is 0.859. The van der Waals surface area contributed by atoms with Gasteiger partial charge in [0.05, 0.1) is 0 Å². The number of rotatable bonds is 9. The molecule has 0 aromatic carbocycles. The molecule has 0 N–H and O–H groups in total. The van der Waals surface area contributed by atoms with E-state index in [9.17, 15) is 0 Å². The summed E-state index contributed by atoms with van der Waals surface area (Å²) in [6.07, 6.45) is 4.19. The van der Waals surface area contributed by atoms with Crippen LogP contribution in [0.4, 0.5) is 0 Å². The van der Waals surface area contributed by atoms with Crippen LogP contribution in [-0.2, 0) is 9.47 Å². The van der Waals surface area contributed by atoms with Crippen LogP contribution >= 0.6 is 0 Å². The number of hydrogen-bond donors (Lipinski definition) is 0. The Bertz CT molecular complexity index is 64.2. The standard InChI is InChI=1S/C10H21O2/c1-3-7-11-9-5-6-10-12-8-4-2/h1,3-10H2,2H3. The Morgan fingerprint density at radius 3 is 2.00 bits per heavy atom. The van der Waals surface area contributed by atoms with Crippen molar-refractivity contribution in [2.24, 2.45) is 0 Å². The molecular formula is C10H21O2. The van der Waals surface area contributed by atoms with Gasteiger partial charge in [-0.1, -0.05) is 13.8 Å². The average Bonchev–Trinajstić information content (AvgIpc) is 2.10. The van der Waals surface area contributed by atoms with Gasteiger partial charge in [0.1, 0.15) is 0 Å². The van der Waals surface area contributed by atoms with Gasteiger partial charge in [-0.15, -0.1) is 0 Å². The number of unbranched alkanes of at least 4 members (excludes halogenated alkanes) is 1. The first-order valence-corrected chi connectivity index (χ1v) is 4.86. The van der Waals surface area contributed by atoms with Gasteiger partial charge >= 0.3 is 0 Å². The molecular weight excluding hydrogens is 152 g/mol. The molecule has 73 valence electrons. The highest BCUT2D eigenvalue weighted by Crippen LogP contribution is 1.92. The van der Waals surface area contributed by atoms with Crippen LogP contribution in [0.1, 0.15) is 32.6 Å². The van der Waals surface area contributed by atoms with Crippen LogP contribution in [0, 0.1) is 6.92 Å². The third kappa shape index (κ3) is 9.92. The molecule has 0 heterocycles. The zero-order valence-electron chi connectivity index (χ0n) is 8.18. The molecule has 0 aromatic heterocycles. The predicted molar refractivity (Wildman–Crippen MR) is 51.1 cm³/mol. The molecule has 0 spiro atoms. The van der Waals surface area contributed by atoms with Crippen LogP contribution in [-0.4, -0.2) is 26.4 Å². The maximum Gasteiger partial charge on any atom is 0.0466 e. The van der Waals surface area contributed by atoms with Gasteiger partial charge in [-0.3, -0.25) is 0 Å². The van der Waals surface area contributed by atoms with Gasteiger partial charge in [-0.2, -0.15) is 0 Å². The van der Waals surface area contributed by atoms with Crippen molar-refractivity contribution in [3.05, 3.63) is 6.92 Å². The summed E-state index contributed by atoms with van der Waals surface area (Å²) in [5.74, 6) is 0. The lowest BCUT2D eigenvalue weighted by Gasteiger charge is -2.03. The van der Waals surface area contributed by atoms with E-state index in [0.717, 1.165) is 52.1 Å². The van der Waals surface area contributed by atoms with Gasteiger partial charge in [-0.05, 0) is 25.7 Å². The average molecular weight is 173 g/mol. The van der Waals surface area contributed by atoms with Crippen molar-refractivity contribution in [1.82, 2.24) is 0 Å². The molecule has 0 fully saturated rings. The van der Waals surface area contributed by atoms with Crippen molar-refractivity contribution in [2.75, 3.05) is 26.4 Å². The maximum atomic E-state index is 5.32. The van der Waals surface area contributed by atoms with E-state index in [1.165, 1.54) is 0 Å². The molecule has 0 amide bonds. The van der Waals surface area contributed by atoms with Crippen LogP contribution in [0.15, 0.2) is 0 Å². The van der Waals surface area contributed by atoms with Crippen LogP contribution < -0.4 is 0 Å². The van der Waals surface area contributed by atoms with Gasteiger partial charge in [0.2, 0.25) is 0 Å². The van der Waals surface area contributed by atoms with Gasteiger partial charge in [0.25, 0.3) is 0 Å². The Balaban J connectivity index is 2.73. The van der Waals surface area contributed by atoms with Gasteiger partial charge in [-0.25, -0.2) is 0 Å². The first kappa shape index (κ1) is 11.9. The maximum absolute atomic E-state index is 5.32. The summed E-state index contributed by atoms with van der Waals surface area (Å²) in [6, 6.07) is 0. The van der Waals surface area contributed by atoms with Crippen LogP contribution in [0.3, 0.4) is 0 Å². The minimum absolute atomic E-state index is 0.788. The van der Waals surface area contributed by atoms with Crippen LogP contribution in [0.25, 0.3) is 0 Å². The fourth-order valence-corrected chi connectivity index (χ4v) is 0.859. The molecule has 0 aromatic rings. The Hall–Kier alpha value is -0.0800. The molecule has 0 aliphatic heterocycles. The monoisotopic (exact) mass is 173 g/mol. The summed E-state index contributed by atoms with van der Waals surface area (Å²) in [6.45, 7) is 9.22. The number of hydrogen-bond acceptors (Lipinski definition) is 2. The molecule has 0 aliphatic rings. The second-order valence-electron chi connectivity index (χ2n) is 2.79. The molecule has 0 unspecified atom stereocenters. The summed E-state index contributed by atoms with van der Waals surface area (Å²) in [5, 5.41) is 0. The van der Waals surface area contributed by atoms with Crippen molar-refractivity contribution in [3.8, 4) is 0 Å². The molecule has 0 saturated carbocycles. The van der Waals surface area contributed by atoms with Crippen molar-refractivity contribution in [1.29, 1.82) is 0 Å². The molecule has 12 heavy (non-hydrogen) atoms. The van der Waals surface area contributed by atoms with E-state index >= 15 is 0 Å². The van der Waals surface area contributed by atoms with E-state index < -0.39 is 0 Å². The van der Waals surface area contributed by atoms with Gasteiger partial charge in [0.15, 0.2) is 0 Å². The lowest BCUT2D eigenvalue weighted by atomic mass is 10.3. The van der Waals surface area contributed by atoms with Gasteiger partial charge in [0, 0.05) is 26.4 Å². The second-order valence-corrected chi connectivity index (χ2v) is 2.79. The Labute approximate surface area is 76.3 Å². The molecule has 0 atom stereocenters. The third-order valence-electron chi connectivity index (χ3n) is 1.46. The SMILES string of the molecule is [CH2]CCOCCCCOCCC. The van der Waals surface area contributed by atoms with E-state index in [1.807, 2.05) is 0 Å². The van der Waals surface area contributed by atoms with Crippen molar-refractivity contribution >= 4 is 0 Å². The Kier molecular flexibility index (Phi) is 10.8. The highest BCUT2D eigenvalue weighted by Gasteiger charge is 1.89. The molecule has 2 nitrogen and oxygen atoms in total. The molecule has 0 aliphatic carbocycles. The third-order valence-corrected chi connectivity index (χ3v) is 1.46. The zero-order valence-corrected chi connectivity index (χ0v) is 8.18. The zero-order chi connectivity index (χ0) is 9.07. The summed E-state index contributed by atoms with van der Waals surface area (Å²) in [5.41, 5.74) is 0. The van der Waals surface area contributed by atoms with Gasteiger partial charge < -0.3 is 9.47 Å². The predicted octanol–water partition coefficient (Wildman–Crippen LogP) is 2.43. The summed E-state index contributed by atoms with van der Waals surface area (Å²) < 4.78 is 10.6. The largest absolute Gasteiger partial charge is 0.381 e. The van der Waals surface area contributed by atoms with E-state index in [1.54, 1.807) is 0 Å². The summed E-state index contributed by atoms with van der Waals surface area (Å²) in [4.78, 5) is 0. The van der Waals surface area contributed by atoms with E-state index in [0.29, 0.717) is 0 Å². The fraction of sp³-hybridized carbons (Fsp3) is 0.900. The molecule has 1 radical (unpaired) electrons. The first-order chi connectivity index (χ1) is 5.91.